The van der Waals surface area contributed by atoms with Crippen LogP contribution in [0.2, 0.25) is 0 Å². The summed E-state index contributed by atoms with van der Waals surface area (Å²) in [5.41, 5.74) is 2.79. The average Bonchev–Trinajstić information content (AvgIpc) is 2.83. The van der Waals surface area contributed by atoms with Gasteiger partial charge in [0.05, 0.1) is 11.3 Å². The topological polar surface area (TPSA) is 58.8 Å². The van der Waals surface area contributed by atoms with E-state index >= 15 is 0 Å². The van der Waals surface area contributed by atoms with E-state index in [2.05, 4.69) is 19.9 Å². The Hall–Kier alpha value is -2.39. The van der Waals surface area contributed by atoms with E-state index in [9.17, 15) is 17.3 Å². The van der Waals surface area contributed by atoms with Crippen LogP contribution in [0.15, 0.2) is 24.8 Å². The first kappa shape index (κ1) is 17.7. The molecule has 0 aromatic carbocycles. The number of aromatic nitrogens is 3. The van der Waals surface area contributed by atoms with Crippen LogP contribution in [0.5, 0.6) is 0 Å². The van der Waals surface area contributed by atoms with Gasteiger partial charge >= 0.3 is 7.25 Å². The lowest BCUT2D eigenvalue weighted by Gasteiger charge is -2.07. The van der Waals surface area contributed by atoms with Gasteiger partial charge in [0.2, 0.25) is 0 Å². The predicted octanol–water partition coefficient (Wildman–Crippen LogP) is 0.942. The van der Waals surface area contributed by atoms with Crippen LogP contribution in [0.3, 0.4) is 0 Å². The molecule has 0 radical (unpaired) electrons. The number of halogens is 4. The molecular formula is C12H16BF4N5. The van der Waals surface area contributed by atoms with Crippen LogP contribution in [-0.2, 0) is 0 Å². The molecule has 2 aromatic heterocycles. The van der Waals surface area contributed by atoms with Crippen LogP contribution in [-0.4, -0.2) is 54.5 Å². The Labute approximate surface area is 124 Å². The summed E-state index contributed by atoms with van der Waals surface area (Å²) in [7, 11) is -0.156. The van der Waals surface area contributed by atoms with Gasteiger partial charge in [0.15, 0.2) is 6.21 Å². The molecule has 2 N–H and O–H groups in total. The lowest BCUT2D eigenvalue weighted by Crippen LogP contribution is -2.63. The van der Waals surface area contributed by atoms with Crippen molar-refractivity contribution in [2.75, 3.05) is 21.1 Å². The van der Waals surface area contributed by atoms with E-state index in [0.29, 0.717) is 0 Å². The molecule has 0 bridgehead atoms. The number of hydrogen-bond donors (Lipinski definition) is 2. The van der Waals surface area contributed by atoms with Crippen LogP contribution in [0.25, 0.3) is 16.6 Å². The molecule has 120 valence electrons. The Morgan fingerprint density at radius 1 is 1.27 bits per heavy atom. The van der Waals surface area contributed by atoms with E-state index in [4.69, 9.17) is 0 Å². The first-order valence-electron chi connectivity index (χ1n) is 6.27. The van der Waals surface area contributed by atoms with Gasteiger partial charge in [-0.1, -0.05) is 0 Å². The maximum atomic E-state index is 9.75. The summed E-state index contributed by atoms with van der Waals surface area (Å²) < 4.78 is 39.0. The van der Waals surface area contributed by atoms with Crippen molar-refractivity contribution < 1.29 is 22.3 Å². The highest BCUT2D eigenvalue weighted by molar-refractivity contribution is 6.50. The Kier molecular flexibility index (Phi) is 6.08. The van der Waals surface area contributed by atoms with Gasteiger partial charge < -0.3 is 27.1 Å². The van der Waals surface area contributed by atoms with Crippen LogP contribution < -0.4 is 4.99 Å². The highest BCUT2D eigenvalue weighted by atomic mass is 19.5. The Bertz CT molecular complexity index is 657. The summed E-state index contributed by atoms with van der Waals surface area (Å²) >= 11 is 0. The molecule has 0 atom stereocenters. The number of rotatable bonds is 3. The van der Waals surface area contributed by atoms with Gasteiger partial charge in [-0.05, 0) is 6.07 Å². The van der Waals surface area contributed by atoms with Gasteiger partial charge in [-0.3, -0.25) is 4.99 Å². The van der Waals surface area contributed by atoms with Crippen molar-refractivity contribution in [2.45, 2.75) is 0 Å². The lowest BCUT2D eigenvalue weighted by atomic mass is 10.1. The highest BCUT2D eigenvalue weighted by Gasteiger charge is 2.20. The van der Waals surface area contributed by atoms with E-state index < -0.39 is 7.25 Å². The largest absolute Gasteiger partial charge is 0.673 e. The number of nitrogens with one attached hydrogen (secondary N) is 2. The molecule has 0 saturated carbocycles. The number of fused-ring (bicyclic) bond motifs is 1. The number of allylic oxidation sites excluding steroid dienone is 1. The van der Waals surface area contributed by atoms with E-state index in [1.807, 2.05) is 50.7 Å². The molecule has 0 aliphatic rings. The molecule has 0 amide bonds. The minimum absolute atomic E-state index is 0.851. The van der Waals surface area contributed by atoms with Crippen molar-refractivity contribution in [1.29, 1.82) is 0 Å². The zero-order valence-electron chi connectivity index (χ0n) is 12.3. The molecule has 0 fully saturated rings. The second kappa shape index (κ2) is 7.57. The molecule has 2 rings (SSSR count). The Morgan fingerprint density at radius 3 is 2.45 bits per heavy atom. The summed E-state index contributed by atoms with van der Waals surface area (Å²) in [5.74, 6) is 0. The molecule has 0 spiro atoms. The zero-order valence-corrected chi connectivity index (χ0v) is 12.3. The van der Waals surface area contributed by atoms with Gasteiger partial charge in [0, 0.05) is 31.9 Å². The monoisotopic (exact) mass is 317 g/mol. The molecule has 2 heterocycles. The standard InChI is InChI=1S/C12H15N5.BF4/c1-13-6-9(7-17(2)3)11-10-4-5-14-12(10)16-8-15-11;2-1(3,4)5/h4-8H,1-3H3,(H,14,15,16);/q;-1/p+1/b9-7?,13-6+;. The molecule has 0 aliphatic heterocycles. The first-order chi connectivity index (χ1) is 10.2. The van der Waals surface area contributed by atoms with Gasteiger partial charge in [-0.25, -0.2) is 9.97 Å². The van der Waals surface area contributed by atoms with Crippen molar-refractivity contribution in [1.82, 2.24) is 19.9 Å². The molecule has 0 saturated heterocycles. The first-order valence-corrected chi connectivity index (χ1v) is 6.27. The highest BCUT2D eigenvalue weighted by Crippen LogP contribution is 2.19. The minimum Gasteiger partial charge on any atom is -0.418 e. The van der Waals surface area contributed by atoms with Gasteiger partial charge in [0.25, 0.3) is 0 Å². The van der Waals surface area contributed by atoms with Crippen LogP contribution in [0.1, 0.15) is 5.69 Å². The van der Waals surface area contributed by atoms with Gasteiger partial charge in [0.1, 0.15) is 19.0 Å². The van der Waals surface area contributed by atoms with Crippen molar-refractivity contribution >= 4 is 30.1 Å². The van der Waals surface area contributed by atoms with E-state index in [1.54, 1.807) is 6.33 Å². The fourth-order valence-electron chi connectivity index (χ4n) is 1.70. The average molecular weight is 317 g/mol. The molecule has 0 aliphatic carbocycles. The number of aromatic amines is 1. The fraction of sp³-hybridized carbons (Fsp3) is 0.250. The van der Waals surface area contributed by atoms with Crippen LogP contribution in [0.4, 0.5) is 17.3 Å². The van der Waals surface area contributed by atoms with Crippen molar-refractivity contribution in [3.63, 3.8) is 0 Å². The molecule has 0 unspecified atom stereocenters. The Balaban J connectivity index is 0.000000422. The molecule has 22 heavy (non-hydrogen) atoms. The third-order valence-corrected chi connectivity index (χ3v) is 2.32. The second-order valence-corrected chi connectivity index (χ2v) is 4.44. The van der Waals surface area contributed by atoms with Crippen molar-refractivity contribution in [3.8, 4) is 0 Å². The third kappa shape index (κ3) is 5.94. The zero-order chi connectivity index (χ0) is 16.8. The van der Waals surface area contributed by atoms with Gasteiger partial charge in [-0.2, -0.15) is 0 Å². The van der Waals surface area contributed by atoms with E-state index in [-0.39, 0.29) is 0 Å². The van der Waals surface area contributed by atoms with Crippen molar-refractivity contribution in [3.05, 3.63) is 30.5 Å². The van der Waals surface area contributed by atoms with Gasteiger partial charge in [-0.15, -0.1) is 0 Å². The number of nitrogens with zero attached hydrogens (tertiary/aromatic N) is 3. The molecule has 10 heteroatoms. The van der Waals surface area contributed by atoms with Crippen LogP contribution >= 0.6 is 0 Å². The lowest BCUT2D eigenvalue weighted by molar-refractivity contribution is -0.412. The summed E-state index contributed by atoms with van der Waals surface area (Å²) in [6.45, 7) is 0. The number of H-pyrrole nitrogens is 1. The molecular weight excluding hydrogens is 301 g/mol. The summed E-state index contributed by atoms with van der Waals surface area (Å²) in [6, 6.07) is 1.98. The predicted molar refractivity (Wildman–Crippen MR) is 78.7 cm³/mol. The maximum absolute atomic E-state index is 9.75. The van der Waals surface area contributed by atoms with Crippen molar-refractivity contribution in [2.24, 2.45) is 0 Å². The SMILES string of the molecule is C/[NH+]=C/C(=CN(C)C)c1ncnc2[nH]ccc12.F[B-](F)(F)F. The normalized spacial score (nSPS) is 12.4. The number of hydrogen-bond acceptors (Lipinski definition) is 3. The maximum Gasteiger partial charge on any atom is 0.673 e. The third-order valence-electron chi connectivity index (χ3n) is 2.32. The van der Waals surface area contributed by atoms with E-state index in [1.165, 1.54) is 0 Å². The molecule has 2 aromatic rings. The smallest absolute Gasteiger partial charge is 0.418 e. The summed E-state index contributed by atoms with van der Waals surface area (Å²) in [5, 5.41) is 1.02. The summed E-state index contributed by atoms with van der Waals surface area (Å²) in [6.07, 6.45) is 7.39. The summed E-state index contributed by atoms with van der Waals surface area (Å²) in [4.78, 5) is 16.6. The molecule has 5 nitrogen and oxygen atoms in total. The quantitative estimate of drug-likeness (QED) is 0.503. The Morgan fingerprint density at radius 2 is 1.91 bits per heavy atom. The second-order valence-electron chi connectivity index (χ2n) is 4.44. The minimum atomic E-state index is -6.00. The van der Waals surface area contributed by atoms with E-state index in [0.717, 1.165) is 22.3 Å². The fourth-order valence-corrected chi connectivity index (χ4v) is 1.70. The van der Waals surface area contributed by atoms with Crippen LogP contribution in [0, 0.1) is 0 Å².